The van der Waals surface area contributed by atoms with Crippen LogP contribution in [0.2, 0.25) is 0 Å². The maximum atomic E-state index is 12.9. The molecule has 0 radical (unpaired) electrons. The van der Waals surface area contributed by atoms with Crippen molar-refractivity contribution in [1.29, 1.82) is 0 Å². The molecule has 2 N–H and O–H groups in total. The van der Waals surface area contributed by atoms with Crippen molar-refractivity contribution in [1.82, 2.24) is 0 Å². The second-order valence-corrected chi connectivity index (χ2v) is 10.7. The van der Waals surface area contributed by atoms with E-state index in [1.54, 1.807) is 24.3 Å². The minimum absolute atomic E-state index is 0.104. The first-order valence-corrected chi connectivity index (χ1v) is 10.8. The van der Waals surface area contributed by atoms with E-state index in [9.17, 15) is 19.5 Å². The Morgan fingerprint density at radius 2 is 1.67 bits per heavy atom. The fraction of sp³-hybridized carbons (Fsp3) is 0.625. The van der Waals surface area contributed by atoms with E-state index >= 15 is 0 Å². The molecule has 4 fully saturated rings. The first-order chi connectivity index (χ1) is 14.0. The molecule has 30 heavy (non-hydrogen) atoms. The van der Waals surface area contributed by atoms with Crippen LogP contribution in [-0.4, -0.2) is 35.0 Å². The molecule has 4 aliphatic rings. The van der Waals surface area contributed by atoms with Crippen LogP contribution in [0.25, 0.3) is 0 Å². The second-order valence-electron chi connectivity index (χ2n) is 10.7. The number of anilines is 1. The van der Waals surface area contributed by atoms with E-state index in [1.807, 2.05) is 20.8 Å². The van der Waals surface area contributed by atoms with Gasteiger partial charge >= 0.3 is 5.97 Å². The fourth-order valence-corrected chi connectivity index (χ4v) is 5.88. The molecule has 0 aromatic heterocycles. The average Bonchev–Trinajstić information content (AvgIpc) is 2.63. The minimum atomic E-state index is -0.736. The number of ketones is 1. The summed E-state index contributed by atoms with van der Waals surface area (Å²) in [4.78, 5) is 37.5. The van der Waals surface area contributed by atoms with Crippen LogP contribution in [-0.2, 0) is 14.3 Å². The third-order valence-electron chi connectivity index (χ3n) is 6.94. The summed E-state index contributed by atoms with van der Waals surface area (Å²) in [7, 11) is 0. The first-order valence-electron chi connectivity index (χ1n) is 10.8. The Bertz CT molecular complexity index is 853. The van der Waals surface area contributed by atoms with E-state index in [4.69, 9.17) is 4.74 Å². The molecular formula is C24H31NO5. The zero-order valence-corrected chi connectivity index (χ0v) is 18.0. The standard InChI is InChI=1S/C24H31NO5/c1-22(2,3)20(27)25-18-6-4-17(5-7-18)19(26)13-30-21(28)23-9-15-8-16(10-23)12-24(29,11-15)14-23/h4-7,15-16,29H,8-14H2,1-3H3,(H,25,27)/t15-,16+,23?,24?. The van der Waals surface area contributed by atoms with Crippen molar-refractivity contribution in [2.24, 2.45) is 22.7 Å². The Hall–Kier alpha value is -2.21. The van der Waals surface area contributed by atoms with Crippen molar-refractivity contribution in [3.63, 3.8) is 0 Å². The van der Waals surface area contributed by atoms with E-state index < -0.39 is 16.4 Å². The van der Waals surface area contributed by atoms with Crippen molar-refractivity contribution < 1.29 is 24.2 Å². The number of esters is 1. The third kappa shape index (κ3) is 4.02. The summed E-state index contributed by atoms with van der Waals surface area (Å²) in [5, 5.41) is 13.6. The molecule has 4 aliphatic carbocycles. The molecule has 4 bridgehead atoms. The van der Waals surface area contributed by atoms with E-state index in [1.165, 1.54) is 0 Å². The summed E-state index contributed by atoms with van der Waals surface area (Å²) in [6, 6.07) is 6.60. The highest BCUT2D eigenvalue weighted by Gasteiger charge is 2.60. The number of ether oxygens (including phenoxy) is 1. The van der Waals surface area contributed by atoms with Crippen molar-refractivity contribution in [2.45, 2.75) is 64.9 Å². The molecule has 0 heterocycles. The Kier molecular flexibility index (Phi) is 5.04. The number of rotatable bonds is 5. The van der Waals surface area contributed by atoms with Crippen molar-refractivity contribution >= 4 is 23.3 Å². The molecule has 6 heteroatoms. The number of Topliss-reactive ketones (excluding diaryl/α,β-unsaturated/α-hetero) is 1. The van der Waals surface area contributed by atoms with Gasteiger partial charge < -0.3 is 15.2 Å². The van der Waals surface area contributed by atoms with Crippen LogP contribution in [0, 0.1) is 22.7 Å². The summed E-state index contributed by atoms with van der Waals surface area (Å²) >= 11 is 0. The number of carbonyl (C=O) groups excluding carboxylic acids is 3. The normalized spacial score (nSPS) is 32.0. The highest BCUT2D eigenvalue weighted by atomic mass is 16.5. The smallest absolute Gasteiger partial charge is 0.312 e. The summed E-state index contributed by atoms with van der Waals surface area (Å²) < 4.78 is 5.46. The Morgan fingerprint density at radius 3 is 2.20 bits per heavy atom. The Labute approximate surface area is 177 Å². The molecule has 0 aliphatic heterocycles. The molecule has 6 nitrogen and oxygen atoms in total. The molecule has 1 amide bonds. The van der Waals surface area contributed by atoms with Gasteiger partial charge in [-0.15, -0.1) is 0 Å². The largest absolute Gasteiger partial charge is 0.457 e. The van der Waals surface area contributed by atoms with Gasteiger partial charge in [-0.05, 0) is 74.6 Å². The molecular weight excluding hydrogens is 382 g/mol. The van der Waals surface area contributed by atoms with Crippen LogP contribution in [0.5, 0.6) is 0 Å². The van der Waals surface area contributed by atoms with Crippen LogP contribution in [0.4, 0.5) is 5.69 Å². The van der Waals surface area contributed by atoms with Gasteiger partial charge in [-0.3, -0.25) is 14.4 Å². The second kappa shape index (κ2) is 7.19. The predicted octanol–water partition coefficient (Wildman–Crippen LogP) is 3.73. The molecule has 1 aromatic carbocycles. The van der Waals surface area contributed by atoms with Gasteiger partial charge in [0.05, 0.1) is 11.0 Å². The minimum Gasteiger partial charge on any atom is -0.457 e. The van der Waals surface area contributed by atoms with E-state index in [2.05, 4.69) is 5.32 Å². The maximum Gasteiger partial charge on any atom is 0.312 e. The maximum absolute atomic E-state index is 12.9. The summed E-state index contributed by atoms with van der Waals surface area (Å²) in [5.41, 5.74) is -0.820. The van der Waals surface area contributed by atoms with Gasteiger partial charge in [-0.1, -0.05) is 20.8 Å². The molecule has 4 atom stereocenters. The van der Waals surface area contributed by atoms with Crippen LogP contribution in [0.3, 0.4) is 0 Å². The SMILES string of the molecule is CC(C)(C)C(=O)Nc1ccc(C(=O)COC(=O)C23C[C@@H]4C[C@@H](CC(O)(C4)C2)C3)cc1. The quantitative estimate of drug-likeness (QED) is 0.567. The van der Waals surface area contributed by atoms with Gasteiger partial charge in [-0.2, -0.15) is 0 Å². The fourth-order valence-electron chi connectivity index (χ4n) is 5.88. The Morgan fingerprint density at radius 1 is 1.07 bits per heavy atom. The summed E-state index contributed by atoms with van der Waals surface area (Å²) in [5.74, 6) is 0.0522. The number of nitrogens with one attached hydrogen (secondary N) is 1. The van der Waals surface area contributed by atoms with Gasteiger partial charge in [0.1, 0.15) is 0 Å². The highest BCUT2D eigenvalue weighted by Crippen LogP contribution is 2.61. The van der Waals surface area contributed by atoms with Gasteiger partial charge in [0.2, 0.25) is 5.91 Å². The lowest BCUT2D eigenvalue weighted by Crippen LogP contribution is -2.58. The number of aliphatic hydroxyl groups is 1. The highest BCUT2D eigenvalue weighted by molar-refractivity contribution is 5.99. The zero-order chi connectivity index (χ0) is 21.7. The summed E-state index contributed by atoms with van der Waals surface area (Å²) in [6.07, 6.45) is 4.66. The third-order valence-corrected chi connectivity index (χ3v) is 6.94. The molecule has 0 saturated heterocycles. The first kappa shape index (κ1) is 21.0. The number of hydrogen-bond acceptors (Lipinski definition) is 5. The predicted molar refractivity (Wildman–Crippen MR) is 112 cm³/mol. The lowest BCUT2D eigenvalue weighted by Gasteiger charge is -2.58. The van der Waals surface area contributed by atoms with Gasteiger partial charge in [0.15, 0.2) is 12.4 Å². The van der Waals surface area contributed by atoms with Gasteiger partial charge in [-0.25, -0.2) is 0 Å². The van der Waals surface area contributed by atoms with E-state index in [-0.39, 0.29) is 24.3 Å². The van der Waals surface area contributed by atoms with Gasteiger partial charge in [0.25, 0.3) is 0 Å². The number of hydrogen-bond donors (Lipinski definition) is 2. The molecule has 162 valence electrons. The zero-order valence-electron chi connectivity index (χ0n) is 18.0. The van der Waals surface area contributed by atoms with Gasteiger partial charge in [0, 0.05) is 16.7 Å². The molecule has 1 aromatic rings. The van der Waals surface area contributed by atoms with E-state index in [0.717, 1.165) is 32.1 Å². The van der Waals surface area contributed by atoms with E-state index in [0.29, 0.717) is 29.5 Å². The van der Waals surface area contributed by atoms with Crippen molar-refractivity contribution in [3.8, 4) is 0 Å². The number of carbonyl (C=O) groups is 3. The van der Waals surface area contributed by atoms with Crippen molar-refractivity contribution in [3.05, 3.63) is 29.8 Å². The van der Waals surface area contributed by atoms with Crippen LogP contribution >= 0.6 is 0 Å². The van der Waals surface area contributed by atoms with Crippen LogP contribution in [0.1, 0.15) is 69.7 Å². The number of amides is 1. The van der Waals surface area contributed by atoms with Crippen LogP contribution in [0.15, 0.2) is 24.3 Å². The lowest BCUT2D eigenvalue weighted by atomic mass is 9.48. The molecule has 2 unspecified atom stereocenters. The molecule has 4 saturated carbocycles. The summed E-state index contributed by atoms with van der Waals surface area (Å²) in [6.45, 7) is 5.19. The lowest BCUT2D eigenvalue weighted by molar-refractivity contribution is -0.195. The topological polar surface area (TPSA) is 92.7 Å². The Balaban J connectivity index is 1.35. The molecule has 0 spiro atoms. The number of benzene rings is 1. The van der Waals surface area contributed by atoms with Crippen LogP contribution < -0.4 is 5.32 Å². The molecule has 5 rings (SSSR count). The average molecular weight is 414 g/mol. The van der Waals surface area contributed by atoms with Crippen molar-refractivity contribution in [2.75, 3.05) is 11.9 Å². The monoisotopic (exact) mass is 413 g/mol.